The van der Waals surface area contributed by atoms with Crippen molar-refractivity contribution >= 4 is 23.6 Å². The number of nitrogens with one attached hydrogen (secondary N) is 1. The molecule has 1 aliphatic carbocycles. The normalized spacial score (nSPS) is 27.4. The van der Waals surface area contributed by atoms with E-state index in [0.717, 1.165) is 12.8 Å². The van der Waals surface area contributed by atoms with E-state index in [1.165, 1.54) is 11.1 Å². The fraction of sp³-hybridized carbons (Fsp3) is 0.545. The van der Waals surface area contributed by atoms with Crippen LogP contribution in [0.1, 0.15) is 23.3 Å². The molecule has 0 spiro atoms. The molecule has 1 aromatic heterocycles. The van der Waals surface area contributed by atoms with Gasteiger partial charge in [-0.15, -0.1) is 11.8 Å². The van der Waals surface area contributed by atoms with E-state index in [4.69, 9.17) is 0 Å². The Morgan fingerprint density at radius 3 is 2.83 bits per heavy atom. The third-order valence-electron chi connectivity index (χ3n) is 3.31. The average molecular weight is 267 g/mol. The van der Waals surface area contributed by atoms with Crippen LogP contribution in [0, 0.1) is 5.92 Å². The molecule has 3 rings (SSSR count). The molecule has 18 heavy (non-hydrogen) atoms. The maximum atomic E-state index is 12.3. The highest BCUT2D eigenvalue weighted by Gasteiger charge is 2.48. The zero-order chi connectivity index (χ0) is 12.7. The molecule has 1 aromatic rings. The Labute approximate surface area is 108 Å². The molecule has 1 aliphatic heterocycles. The van der Waals surface area contributed by atoms with Gasteiger partial charge in [-0.3, -0.25) is 9.89 Å². The van der Waals surface area contributed by atoms with Gasteiger partial charge in [0.2, 0.25) is 0 Å². The Morgan fingerprint density at radius 1 is 1.50 bits per heavy atom. The van der Waals surface area contributed by atoms with Gasteiger partial charge in [-0.25, -0.2) is 4.79 Å². The molecule has 2 atom stereocenters. The molecule has 2 fully saturated rings. The maximum Gasteiger partial charge on any atom is 0.327 e. The van der Waals surface area contributed by atoms with E-state index in [-0.39, 0.29) is 11.3 Å². The summed E-state index contributed by atoms with van der Waals surface area (Å²) in [7, 11) is 0. The first-order valence-electron chi connectivity index (χ1n) is 5.85. The standard InChI is InChI=1S/C11H13N3O3S/c15-9(7-3-4-12-13-7)14-8(11(16)17)5-18-10(14)6-1-2-6/h3-4,6,8,10H,1-2,5H2,(H,12,13)(H,16,17). The fourth-order valence-electron chi connectivity index (χ4n) is 2.23. The Kier molecular flexibility index (Phi) is 2.77. The minimum atomic E-state index is -0.932. The second kappa shape index (κ2) is 4.31. The number of carbonyl (C=O) groups excluding carboxylic acids is 1. The Balaban J connectivity index is 1.88. The quantitative estimate of drug-likeness (QED) is 0.845. The van der Waals surface area contributed by atoms with Gasteiger partial charge in [-0.1, -0.05) is 0 Å². The van der Waals surface area contributed by atoms with Gasteiger partial charge in [-0.2, -0.15) is 5.10 Å². The molecule has 6 nitrogen and oxygen atoms in total. The van der Waals surface area contributed by atoms with Crippen molar-refractivity contribution in [3.05, 3.63) is 18.0 Å². The van der Waals surface area contributed by atoms with Gasteiger partial charge in [-0.05, 0) is 24.8 Å². The van der Waals surface area contributed by atoms with E-state index in [1.807, 2.05) is 0 Å². The highest BCUT2D eigenvalue weighted by molar-refractivity contribution is 8.00. The third kappa shape index (κ3) is 1.88. The Hall–Kier alpha value is -1.50. The van der Waals surface area contributed by atoms with Crippen LogP contribution in [0.4, 0.5) is 0 Å². The van der Waals surface area contributed by atoms with Crippen LogP contribution in [0.25, 0.3) is 0 Å². The summed E-state index contributed by atoms with van der Waals surface area (Å²) in [5.74, 6) is -0.275. The van der Waals surface area contributed by atoms with E-state index in [1.54, 1.807) is 17.8 Å². The Bertz CT molecular complexity index is 472. The molecule has 1 saturated carbocycles. The number of H-pyrrole nitrogens is 1. The van der Waals surface area contributed by atoms with E-state index >= 15 is 0 Å². The highest BCUT2D eigenvalue weighted by Crippen LogP contribution is 2.45. The maximum absolute atomic E-state index is 12.3. The number of rotatable bonds is 3. The molecule has 0 aromatic carbocycles. The van der Waals surface area contributed by atoms with Crippen LogP contribution in [0.5, 0.6) is 0 Å². The van der Waals surface area contributed by atoms with Crippen molar-refractivity contribution in [2.75, 3.05) is 5.75 Å². The highest BCUT2D eigenvalue weighted by atomic mass is 32.2. The predicted octanol–water partition coefficient (Wildman–Crippen LogP) is 0.788. The minimum Gasteiger partial charge on any atom is -0.480 e. The number of carbonyl (C=O) groups is 2. The molecule has 2 aliphatic rings. The number of aliphatic carboxylic acids is 1. The van der Waals surface area contributed by atoms with Crippen molar-refractivity contribution < 1.29 is 14.7 Å². The van der Waals surface area contributed by atoms with Crippen LogP contribution >= 0.6 is 11.8 Å². The lowest BCUT2D eigenvalue weighted by molar-refractivity contribution is -0.141. The zero-order valence-electron chi connectivity index (χ0n) is 9.57. The van der Waals surface area contributed by atoms with Crippen molar-refractivity contribution in [2.24, 2.45) is 5.92 Å². The largest absolute Gasteiger partial charge is 0.480 e. The van der Waals surface area contributed by atoms with Crippen LogP contribution < -0.4 is 0 Å². The predicted molar refractivity (Wildman–Crippen MR) is 65.2 cm³/mol. The first kappa shape index (κ1) is 11.6. The molecule has 1 saturated heterocycles. The van der Waals surface area contributed by atoms with Crippen molar-refractivity contribution in [3.63, 3.8) is 0 Å². The van der Waals surface area contributed by atoms with Gasteiger partial charge < -0.3 is 10.0 Å². The van der Waals surface area contributed by atoms with Gasteiger partial charge in [0.1, 0.15) is 11.7 Å². The summed E-state index contributed by atoms with van der Waals surface area (Å²) in [4.78, 5) is 25.1. The summed E-state index contributed by atoms with van der Waals surface area (Å²) in [5, 5.41) is 15.6. The van der Waals surface area contributed by atoms with Crippen molar-refractivity contribution in [3.8, 4) is 0 Å². The lowest BCUT2D eigenvalue weighted by atomic mass is 10.2. The number of aromatic nitrogens is 2. The molecule has 1 amide bonds. The van der Waals surface area contributed by atoms with Crippen LogP contribution in [-0.4, -0.2) is 49.2 Å². The number of thioether (sulfide) groups is 1. The van der Waals surface area contributed by atoms with Gasteiger partial charge in [0.15, 0.2) is 0 Å². The number of aromatic amines is 1. The summed E-state index contributed by atoms with van der Waals surface area (Å²) in [5.41, 5.74) is 0.356. The summed E-state index contributed by atoms with van der Waals surface area (Å²) in [6.07, 6.45) is 3.66. The molecular formula is C11H13N3O3S. The third-order valence-corrected chi connectivity index (χ3v) is 4.77. The van der Waals surface area contributed by atoms with Gasteiger partial charge in [0.25, 0.3) is 5.91 Å². The topological polar surface area (TPSA) is 86.3 Å². The second-order valence-electron chi connectivity index (χ2n) is 4.60. The number of nitrogens with zero attached hydrogens (tertiary/aromatic N) is 2. The molecule has 0 radical (unpaired) electrons. The smallest absolute Gasteiger partial charge is 0.327 e. The number of hydrogen-bond donors (Lipinski definition) is 2. The van der Waals surface area contributed by atoms with Gasteiger partial charge >= 0.3 is 5.97 Å². The molecule has 0 bridgehead atoms. The van der Waals surface area contributed by atoms with E-state index in [9.17, 15) is 14.7 Å². The summed E-state index contributed by atoms with van der Waals surface area (Å²) < 4.78 is 0. The number of amides is 1. The molecular weight excluding hydrogens is 254 g/mol. The number of carboxylic acid groups (broad SMARTS) is 1. The Morgan fingerprint density at radius 2 is 2.28 bits per heavy atom. The first-order chi connectivity index (χ1) is 8.68. The zero-order valence-corrected chi connectivity index (χ0v) is 10.4. The van der Waals surface area contributed by atoms with E-state index in [2.05, 4.69) is 10.2 Å². The fourth-order valence-corrected chi connectivity index (χ4v) is 3.86. The van der Waals surface area contributed by atoms with Crippen molar-refractivity contribution in [2.45, 2.75) is 24.3 Å². The lowest BCUT2D eigenvalue weighted by Gasteiger charge is -2.26. The van der Waals surface area contributed by atoms with Crippen LogP contribution in [0.15, 0.2) is 12.3 Å². The summed E-state index contributed by atoms with van der Waals surface area (Å²) in [6, 6.07) is 0.852. The average Bonchev–Trinajstić information content (AvgIpc) is 2.91. The van der Waals surface area contributed by atoms with Crippen LogP contribution in [-0.2, 0) is 4.79 Å². The van der Waals surface area contributed by atoms with Gasteiger partial charge in [0, 0.05) is 11.9 Å². The molecule has 2 N–H and O–H groups in total. The first-order valence-corrected chi connectivity index (χ1v) is 6.90. The number of hydrogen-bond acceptors (Lipinski definition) is 4. The minimum absolute atomic E-state index is 0.00176. The molecule has 2 unspecified atom stereocenters. The van der Waals surface area contributed by atoms with Crippen LogP contribution in [0.3, 0.4) is 0 Å². The molecule has 7 heteroatoms. The summed E-state index contributed by atoms with van der Waals surface area (Å²) >= 11 is 1.57. The summed E-state index contributed by atoms with van der Waals surface area (Å²) in [6.45, 7) is 0. The van der Waals surface area contributed by atoms with Crippen LogP contribution in [0.2, 0.25) is 0 Å². The monoisotopic (exact) mass is 267 g/mol. The second-order valence-corrected chi connectivity index (χ2v) is 5.75. The van der Waals surface area contributed by atoms with Crippen molar-refractivity contribution in [1.82, 2.24) is 15.1 Å². The van der Waals surface area contributed by atoms with E-state index in [0.29, 0.717) is 17.4 Å². The lowest BCUT2D eigenvalue weighted by Crippen LogP contribution is -2.46. The van der Waals surface area contributed by atoms with E-state index < -0.39 is 12.0 Å². The van der Waals surface area contributed by atoms with Gasteiger partial charge in [0.05, 0.1) is 5.37 Å². The molecule has 96 valence electrons. The van der Waals surface area contributed by atoms with Crippen molar-refractivity contribution in [1.29, 1.82) is 0 Å². The number of carboxylic acids is 1. The SMILES string of the molecule is O=C(O)C1CSC(C2CC2)N1C(=O)c1ccn[nH]1. The molecule has 2 heterocycles.